The Hall–Kier alpha value is -3.66. The molecule has 4 fully saturated rings. The molecule has 7 atom stereocenters. The average Bonchev–Trinajstić information content (AvgIpc) is 3.32. The predicted octanol–water partition coefficient (Wildman–Crippen LogP) is 5.40. The molecule has 4 aliphatic rings. The fraction of sp³-hybridized carbons (Fsp3) is 0.581. The number of piperidine rings is 1. The third kappa shape index (κ3) is 5.27. The number of halogens is 7. The van der Waals surface area contributed by atoms with Gasteiger partial charge in [0.2, 0.25) is 5.88 Å². The van der Waals surface area contributed by atoms with Crippen molar-refractivity contribution in [2.24, 2.45) is 11.8 Å². The van der Waals surface area contributed by atoms with Crippen LogP contribution < -0.4 is 26.3 Å². The summed E-state index contributed by atoms with van der Waals surface area (Å²) in [5.41, 5.74) is 5.34. The van der Waals surface area contributed by atoms with Crippen LogP contribution in [0.5, 0.6) is 11.9 Å². The van der Waals surface area contributed by atoms with Gasteiger partial charge in [-0.15, -0.1) is 0 Å². The molecule has 3 aliphatic heterocycles. The van der Waals surface area contributed by atoms with E-state index in [0.29, 0.717) is 31.0 Å². The van der Waals surface area contributed by atoms with Crippen LogP contribution in [0.25, 0.3) is 22.2 Å². The molecule has 7 rings (SSSR count). The molecule has 0 amide bonds. The van der Waals surface area contributed by atoms with Gasteiger partial charge < -0.3 is 26.3 Å². The van der Waals surface area contributed by atoms with Gasteiger partial charge in [0.05, 0.1) is 11.2 Å². The lowest BCUT2D eigenvalue weighted by atomic mass is 9.90. The predicted molar refractivity (Wildman–Crippen MR) is 158 cm³/mol. The van der Waals surface area contributed by atoms with Crippen LogP contribution in [0.2, 0.25) is 0 Å². The molecule has 3 aromatic rings. The summed E-state index contributed by atoms with van der Waals surface area (Å²) in [6.45, 7) is 4.68. The summed E-state index contributed by atoms with van der Waals surface area (Å²) in [4.78, 5) is 14.4. The van der Waals surface area contributed by atoms with E-state index >= 15 is 4.39 Å². The Morgan fingerprint density at radius 2 is 1.89 bits per heavy atom. The van der Waals surface area contributed by atoms with E-state index in [1.165, 1.54) is 0 Å². The number of anilines is 2. The highest BCUT2D eigenvalue weighted by molar-refractivity contribution is 5.95. The summed E-state index contributed by atoms with van der Waals surface area (Å²) in [5, 5.41) is 3.29. The maximum atomic E-state index is 16.4. The van der Waals surface area contributed by atoms with E-state index in [4.69, 9.17) is 20.9 Å². The Bertz CT molecular complexity index is 1740. The second kappa shape index (κ2) is 11.2. The normalized spacial score (nSPS) is 29.3. The smallest absolute Gasteiger partial charge is 0.419 e. The van der Waals surface area contributed by atoms with Crippen LogP contribution in [-0.2, 0) is 6.18 Å². The van der Waals surface area contributed by atoms with Crippen molar-refractivity contribution in [1.29, 1.82) is 0 Å². The highest BCUT2D eigenvalue weighted by Gasteiger charge is 2.55. The lowest BCUT2D eigenvalue weighted by molar-refractivity contribution is -0.139. The summed E-state index contributed by atoms with van der Waals surface area (Å²) in [6, 6.07) is 0.476. The maximum Gasteiger partial charge on any atom is 0.419 e. The minimum atomic E-state index is -5.46. The summed E-state index contributed by atoms with van der Waals surface area (Å²) in [7, 11) is 0. The fourth-order valence-electron chi connectivity index (χ4n) is 8.07. The molecule has 5 N–H and O–H groups in total. The zero-order chi connectivity index (χ0) is 33.6. The average molecular weight is 670 g/mol. The number of nitrogens with zero attached hydrogens (tertiary/aromatic N) is 4. The monoisotopic (exact) mass is 669 g/mol. The number of hydrogen-bond donors (Lipinski definition) is 3. The van der Waals surface area contributed by atoms with E-state index in [-0.39, 0.29) is 48.6 Å². The van der Waals surface area contributed by atoms with Crippen LogP contribution in [0.4, 0.5) is 42.2 Å². The highest BCUT2D eigenvalue weighted by atomic mass is 19.4. The van der Waals surface area contributed by atoms with Gasteiger partial charge in [-0.2, -0.15) is 23.1 Å². The molecule has 16 heteroatoms. The van der Waals surface area contributed by atoms with Gasteiger partial charge in [0.25, 0.3) is 0 Å². The van der Waals surface area contributed by atoms with Gasteiger partial charge in [0.15, 0.2) is 17.5 Å². The standard InChI is InChI=1S/C31H34F7N7O2/c1-3-17-19(14-8-18(14)41-17)12(2)47-28-20-26(24(35)25(42-28)15-7-16(39)22(33)23(34)21(15)31(36,37)38)43-29(44-27(20)40)46-11-30-5-4-6-45(30)10-13(32)9-30/h7,12-14,17-19,41H,3-6,8-11,39H2,1-2H3,(H2,40,43,44)/t12-,13+,14?,17-,18-,19-,30-/m0/s1. The van der Waals surface area contributed by atoms with Crippen molar-refractivity contribution in [3.8, 4) is 23.1 Å². The van der Waals surface area contributed by atoms with Gasteiger partial charge in [0, 0.05) is 36.5 Å². The van der Waals surface area contributed by atoms with Crippen LogP contribution in [0, 0.1) is 29.3 Å². The fourth-order valence-corrected chi connectivity index (χ4v) is 8.07. The van der Waals surface area contributed by atoms with Gasteiger partial charge in [-0.25, -0.2) is 22.5 Å². The van der Waals surface area contributed by atoms with Gasteiger partial charge in [0.1, 0.15) is 46.9 Å². The second-order valence-corrected chi connectivity index (χ2v) is 13.2. The minimum absolute atomic E-state index is 0.0101. The van der Waals surface area contributed by atoms with Gasteiger partial charge in [-0.1, -0.05) is 6.92 Å². The van der Waals surface area contributed by atoms with Gasteiger partial charge in [-0.05, 0) is 51.1 Å². The number of rotatable bonds is 8. The van der Waals surface area contributed by atoms with E-state index in [2.05, 4.69) is 20.3 Å². The molecular weight excluding hydrogens is 635 g/mol. The van der Waals surface area contributed by atoms with Crippen molar-refractivity contribution in [2.45, 2.75) is 82.0 Å². The lowest BCUT2D eigenvalue weighted by Gasteiger charge is -2.30. The SMILES string of the molecule is CC[C@@H]1N[C@H]2CC2[C@@H]1[C@H](C)Oc1nc(-c2cc(N)c(F)c(F)c2C(F)(F)F)c(F)c2nc(OC[C@@]34CCCN3C[C@H](F)C4)nc(N)c12. The Morgan fingerprint density at radius 3 is 2.62 bits per heavy atom. The van der Waals surface area contributed by atoms with E-state index in [1.54, 1.807) is 6.92 Å². The molecule has 254 valence electrons. The van der Waals surface area contributed by atoms with Crippen molar-refractivity contribution >= 4 is 22.4 Å². The van der Waals surface area contributed by atoms with Crippen molar-refractivity contribution in [1.82, 2.24) is 25.2 Å². The maximum absolute atomic E-state index is 16.4. The van der Waals surface area contributed by atoms with E-state index in [0.717, 1.165) is 19.3 Å². The Morgan fingerprint density at radius 1 is 1.13 bits per heavy atom. The lowest BCUT2D eigenvalue weighted by Crippen LogP contribution is -2.43. The van der Waals surface area contributed by atoms with Gasteiger partial charge in [-0.3, -0.25) is 4.90 Å². The van der Waals surface area contributed by atoms with E-state index in [9.17, 15) is 26.3 Å². The van der Waals surface area contributed by atoms with E-state index < -0.39 is 75.5 Å². The molecule has 3 saturated heterocycles. The molecule has 0 spiro atoms. The molecule has 1 unspecified atom stereocenters. The first kappa shape index (κ1) is 31.9. The number of nitrogen functional groups attached to an aromatic ring is 2. The number of benzene rings is 1. The summed E-state index contributed by atoms with van der Waals surface area (Å²) >= 11 is 0. The molecule has 2 aromatic heterocycles. The zero-order valence-corrected chi connectivity index (χ0v) is 25.6. The molecule has 1 aromatic carbocycles. The first-order valence-corrected chi connectivity index (χ1v) is 15.7. The van der Waals surface area contributed by atoms with Crippen LogP contribution in [0.1, 0.15) is 51.5 Å². The van der Waals surface area contributed by atoms with Gasteiger partial charge >= 0.3 is 12.2 Å². The third-order valence-electron chi connectivity index (χ3n) is 10.3. The summed E-state index contributed by atoms with van der Waals surface area (Å²) < 4.78 is 115. The number of pyridine rings is 1. The Balaban J connectivity index is 1.36. The van der Waals surface area contributed by atoms with Crippen molar-refractivity contribution < 1.29 is 40.2 Å². The largest absolute Gasteiger partial charge is 0.474 e. The van der Waals surface area contributed by atoms with Crippen molar-refractivity contribution in [2.75, 3.05) is 31.2 Å². The van der Waals surface area contributed by atoms with Crippen molar-refractivity contribution in [3.05, 3.63) is 29.1 Å². The zero-order valence-electron chi connectivity index (χ0n) is 25.6. The number of nitrogens with one attached hydrogen (secondary N) is 1. The number of hydrogen-bond acceptors (Lipinski definition) is 9. The Kier molecular flexibility index (Phi) is 7.61. The first-order chi connectivity index (χ1) is 22.2. The molecule has 0 bridgehead atoms. The van der Waals surface area contributed by atoms with Crippen LogP contribution in [0.15, 0.2) is 6.07 Å². The first-order valence-electron chi connectivity index (χ1n) is 15.7. The molecule has 1 aliphatic carbocycles. The summed E-state index contributed by atoms with van der Waals surface area (Å²) in [6.07, 6.45) is -3.66. The third-order valence-corrected chi connectivity index (χ3v) is 10.3. The van der Waals surface area contributed by atoms with Crippen molar-refractivity contribution in [3.63, 3.8) is 0 Å². The molecule has 0 radical (unpaired) electrons. The number of nitrogens with two attached hydrogens (primary N) is 2. The minimum Gasteiger partial charge on any atom is -0.474 e. The van der Waals surface area contributed by atoms with E-state index in [1.807, 2.05) is 11.8 Å². The number of aromatic nitrogens is 3. The Labute approximate surface area is 265 Å². The van der Waals surface area contributed by atoms with Crippen LogP contribution >= 0.6 is 0 Å². The number of alkyl halides is 4. The number of ether oxygens (including phenoxy) is 2. The number of fused-ring (bicyclic) bond motifs is 3. The molecule has 1 saturated carbocycles. The molecule has 5 heterocycles. The topological polar surface area (TPSA) is 124 Å². The van der Waals surface area contributed by atoms with Crippen LogP contribution in [-0.4, -0.2) is 69.4 Å². The molecule has 9 nitrogen and oxygen atoms in total. The molecule has 47 heavy (non-hydrogen) atoms. The van der Waals surface area contributed by atoms with Crippen LogP contribution in [0.3, 0.4) is 0 Å². The summed E-state index contributed by atoms with van der Waals surface area (Å²) in [5.74, 6) is -6.10. The molecular formula is C31H34F7N7O2. The highest BCUT2D eigenvalue weighted by Crippen LogP contribution is 2.49. The quantitative estimate of drug-likeness (QED) is 0.214. The second-order valence-electron chi connectivity index (χ2n) is 13.2.